The zero-order chi connectivity index (χ0) is 8.53. The molecule has 0 saturated carbocycles. The lowest BCUT2D eigenvalue weighted by atomic mass is 10.0. The predicted molar refractivity (Wildman–Crippen MR) is 52.6 cm³/mol. The Morgan fingerprint density at radius 2 is 2.18 bits per heavy atom. The summed E-state index contributed by atoms with van der Waals surface area (Å²) in [6.07, 6.45) is 11.4. The molecule has 0 N–H and O–H groups in total. The first-order chi connectivity index (χ1) is 5.31. The van der Waals surface area contributed by atoms with Crippen LogP contribution in [0, 0.1) is 5.92 Å². The molecule has 0 aliphatic rings. The number of allylic oxidation sites excluding steroid dienone is 3. The molecule has 0 nitrogen and oxygen atoms in total. The summed E-state index contributed by atoms with van der Waals surface area (Å²) >= 11 is 0. The first kappa shape index (κ1) is 10.5. The molecular weight excluding hydrogens is 132 g/mol. The second-order valence-corrected chi connectivity index (χ2v) is 3.13. The van der Waals surface area contributed by atoms with Crippen molar-refractivity contribution in [3.05, 3.63) is 24.8 Å². The lowest BCUT2D eigenvalue weighted by Gasteiger charge is -2.05. The van der Waals surface area contributed by atoms with Crippen molar-refractivity contribution in [1.29, 1.82) is 0 Å². The van der Waals surface area contributed by atoms with Crippen LogP contribution in [0.4, 0.5) is 0 Å². The predicted octanol–water partition coefficient (Wildman–Crippen LogP) is 3.95. The van der Waals surface area contributed by atoms with Gasteiger partial charge in [-0.15, -0.1) is 6.58 Å². The van der Waals surface area contributed by atoms with Crippen LogP contribution in [0.15, 0.2) is 24.8 Å². The van der Waals surface area contributed by atoms with Gasteiger partial charge < -0.3 is 0 Å². The Hall–Kier alpha value is -0.520. The van der Waals surface area contributed by atoms with Gasteiger partial charge in [0, 0.05) is 0 Å². The average molecular weight is 152 g/mol. The smallest absolute Gasteiger partial charge is 0.0328 e. The van der Waals surface area contributed by atoms with Crippen molar-refractivity contribution in [3.63, 3.8) is 0 Å². The highest BCUT2D eigenvalue weighted by Crippen LogP contribution is 2.11. The van der Waals surface area contributed by atoms with Crippen LogP contribution in [0.5, 0.6) is 0 Å². The molecule has 0 radical (unpaired) electrons. The van der Waals surface area contributed by atoms with E-state index in [1.54, 1.807) is 0 Å². The van der Waals surface area contributed by atoms with Crippen molar-refractivity contribution in [1.82, 2.24) is 0 Å². The second kappa shape index (κ2) is 7.59. The fourth-order valence-electron chi connectivity index (χ4n) is 1.15. The van der Waals surface area contributed by atoms with E-state index >= 15 is 0 Å². The molecule has 0 rings (SSSR count). The highest BCUT2D eigenvalue weighted by atomic mass is 14.0. The summed E-state index contributed by atoms with van der Waals surface area (Å²) in [4.78, 5) is 0. The van der Waals surface area contributed by atoms with Crippen molar-refractivity contribution in [2.75, 3.05) is 0 Å². The van der Waals surface area contributed by atoms with E-state index in [0.29, 0.717) is 0 Å². The van der Waals surface area contributed by atoms with E-state index in [0.717, 1.165) is 12.3 Å². The molecule has 0 saturated heterocycles. The average Bonchev–Trinajstić information content (AvgIpc) is 1.99. The van der Waals surface area contributed by atoms with Crippen molar-refractivity contribution in [2.45, 2.75) is 39.5 Å². The van der Waals surface area contributed by atoms with E-state index in [4.69, 9.17) is 0 Å². The maximum Gasteiger partial charge on any atom is -0.0328 e. The molecule has 1 atom stereocenters. The van der Waals surface area contributed by atoms with Gasteiger partial charge in [-0.05, 0) is 32.1 Å². The van der Waals surface area contributed by atoms with Crippen LogP contribution in [0.2, 0.25) is 0 Å². The van der Waals surface area contributed by atoms with Gasteiger partial charge in [-0.25, -0.2) is 0 Å². The summed E-state index contributed by atoms with van der Waals surface area (Å²) in [7, 11) is 0. The molecule has 0 aliphatic heterocycles. The van der Waals surface area contributed by atoms with Crippen molar-refractivity contribution in [2.24, 2.45) is 5.92 Å². The Kier molecular flexibility index (Phi) is 7.23. The quantitative estimate of drug-likeness (QED) is 0.399. The van der Waals surface area contributed by atoms with E-state index in [1.807, 2.05) is 6.08 Å². The minimum Gasteiger partial charge on any atom is -0.103 e. The summed E-state index contributed by atoms with van der Waals surface area (Å²) in [6.45, 7) is 8.10. The summed E-state index contributed by atoms with van der Waals surface area (Å²) in [5.74, 6) is 0.817. The van der Waals surface area contributed by atoms with Crippen LogP contribution in [-0.2, 0) is 0 Å². The van der Waals surface area contributed by atoms with Crippen molar-refractivity contribution < 1.29 is 0 Å². The summed E-state index contributed by atoms with van der Waals surface area (Å²) in [6, 6.07) is 0. The Bertz CT molecular complexity index is 111. The molecule has 0 aliphatic carbocycles. The standard InChI is InChI=1S/C11H20/c1-4-6-7-8-10-11(3)9-5-2/h4-6,11H,2,7-10H2,1,3H3/b6-4-. The summed E-state index contributed by atoms with van der Waals surface area (Å²) < 4.78 is 0. The summed E-state index contributed by atoms with van der Waals surface area (Å²) in [5, 5.41) is 0. The third kappa shape index (κ3) is 7.38. The van der Waals surface area contributed by atoms with E-state index in [-0.39, 0.29) is 0 Å². The maximum atomic E-state index is 3.73. The van der Waals surface area contributed by atoms with Gasteiger partial charge in [0.25, 0.3) is 0 Å². The molecule has 0 amide bonds. The molecule has 0 aromatic heterocycles. The van der Waals surface area contributed by atoms with Gasteiger partial charge in [0.2, 0.25) is 0 Å². The second-order valence-electron chi connectivity index (χ2n) is 3.13. The zero-order valence-electron chi connectivity index (χ0n) is 7.84. The highest BCUT2D eigenvalue weighted by molar-refractivity contribution is 4.77. The first-order valence-corrected chi connectivity index (χ1v) is 4.53. The topological polar surface area (TPSA) is 0 Å². The van der Waals surface area contributed by atoms with Gasteiger partial charge in [0.05, 0.1) is 0 Å². The van der Waals surface area contributed by atoms with Gasteiger partial charge in [-0.1, -0.05) is 31.6 Å². The lowest BCUT2D eigenvalue weighted by molar-refractivity contribution is 0.520. The fraction of sp³-hybridized carbons (Fsp3) is 0.636. The Morgan fingerprint density at radius 3 is 2.73 bits per heavy atom. The van der Waals surface area contributed by atoms with E-state index in [2.05, 4.69) is 32.6 Å². The molecule has 0 fully saturated rings. The van der Waals surface area contributed by atoms with Crippen LogP contribution in [-0.4, -0.2) is 0 Å². The molecular formula is C11H20. The van der Waals surface area contributed by atoms with E-state index in [9.17, 15) is 0 Å². The molecule has 1 unspecified atom stereocenters. The van der Waals surface area contributed by atoms with Gasteiger partial charge in [-0.2, -0.15) is 0 Å². The van der Waals surface area contributed by atoms with Crippen LogP contribution < -0.4 is 0 Å². The van der Waals surface area contributed by atoms with Crippen LogP contribution >= 0.6 is 0 Å². The zero-order valence-corrected chi connectivity index (χ0v) is 7.84. The number of hydrogen-bond donors (Lipinski definition) is 0. The Morgan fingerprint density at radius 1 is 1.45 bits per heavy atom. The Balaban J connectivity index is 3.16. The molecule has 0 heterocycles. The molecule has 0 aromatic rings. The van der Waals surface area contributed by atoms with Gasteiger partial charge >= 0.3 is 0 Å². The van der Waals surface area contributed by atoms with Crippen LogP contribution in [0.25, 0.3) is 0 Å². The van der Waals surface area contributed by atoms with Gasteiger partial charge in [0.15, 0.2) is 0 Å². The maximum absolute atomic E-state index is 3.73. The minimum atomic E-state index is 0.817. The third-order valence-electron chi connectivity index (χ3n) is 1.87. The van der Waals surface area contributed by atoms with Crippen LogP contribution in [0.1, 0.15) is 39.5 Å². The Labute approximate surface area is 71.0 Å². The largest absolute Gasteiger partial charge is 0.103 e. The normalized spacial score (nSPS) is 13.6. The molecule has 0 spiro atoms. The van der Waals surface area contributed by atoms with E-state index in [1.165, 1.54) is 19.3 Å². The SMILES string of the molecule is C=CCC(C)CCC/C=C\C. The monoisotopic (exact) mass is 152 g/mol. The molecule has 0 bridgehead atoms. The minimum absolute atomic E-state index is 0.817. The highest BCUT2D eigenvalue weighted by Gasteiger charge is 1.96. The first-order valence-electron chi connectivity index (χ1n) is 4.53. The molecule has 0 heteroatoms. The summed E-state index contributed by atoms with van der Waals surface area (Å²) in [5.41, 5.74) is 0. The lowest BCUT2D eigenvalue weighted by Crippen LogP contribution is -1.91. The van der Waals surface area contributed by atoms with Crippen LogP contribution in [0.3, 0.4) is 0 Å². The van der Waals surface area contributed by atoms with Gasteiger partial charge in [0.1, 0.15) is 0 Å². The molecule has 64 valence electrons. The number of unbranched alkanes of at least 4 members (excludes halogenated alkanes) is 1. The van der Waals surface area contributed by atoms with Crippen molar-refractivity contribution >= 4 is 0 Å². The van der Waals surface area contributed by atoms with E-state index < -0.39 is 0 Å². The molecule has 11 heavy (non-hydrogen) atoms. The van der Waals surface area contributed by atoms with Crippen molar-refractivity contribution in [3.8, 4) is 0 Å². The number of hydrogen-bond acceptors (Lipinski definition) is 0. The number of rotatable bonds is 6. The fourth-order valence-corrected chi connectivity index (χ4v) is 1.15. The third-order valence-corrected chi connectivity index (χ3v) is 1.87. The molecule has 0 aromatic carbocycles. The van der Waals surface area contributed by atoms with Gasteiger partial charge in [-0.3, -0.25) is 0 Å².